The van der Waals surface area contributed by atoms with Crippen LogP contribution in [0.25, 0.3) is 0 Å². The third-order valence-electron chi connectivity index (χ3n) is 2.75. The van der Waals surface area contributed by atoms with E-state index in [9.17, 15) is 8.78 Å². The van der Waals surface area contributed by atoms with Gasteiger partial charge < -0.3 is 5.32 Å². The lowest BCUT2D eigenvalue weighted by Crippen LogP contribution is -2.09. The topological polar surface area (TPSA) is 12.0 Å². The number of nitrogens with one attached hydrogen (secondary N) is 1. The molecule has 2 aromatic rings. The third kappa shape index (κ3) is 3.17. The zero-order chi connectivity index (χ0) is 14.0. The van der Waals surface area contributed by atoms with Crippen LogP contribution >= 0.6 is 23.2 Å². The summed E-state index contributed by atoms with van der Waals surface area (Å²) >= 11 is 11.9. The fourth-order valence-electron chi connectivity index (χ4n) is 1.78. The average Bonchev–Trinajstić information content (AvgIpc) is 2.33. The highest BCUT2D eigenvalue weighted by Crippen LogP contribution is 2.31. The van der Waals surface area contributed by atoms with Gasteiger partial charge >= 0.3 is 0 Å². The van der Waals surface area contributed by atoms with Crippen molar-refractivity contribution < 1.29 is 8.78 Å². The predicted molar refractivity (Wildman–Crippen MR) is 74.9 cm³/mol. The Hall–Kier alpha value is -1.32. The summed E-state index contributed by atoms with van der Waals surface area (Å²) in [4.78, 5) is 0. The molecule has 2 aromatic carbocycles. The first-order chi connectivity index (χ1) is 8.99. The molecule has 0 spiro atoms. The lowest BCUT2D eigenvalue weighted by atomic mass is 10.1. The molecule has 1 unspecified atom stereocenters. The predicted octanol–water partition coefficient (Wildman–Crippen LogP) is 5.44. The van der Waals surface area contributed by atoms with Crippen LogP contribution in [0.3, 0.4) is 0 Å². The molecule has 1 N–H and O–H groups in total. The number of anilines is 1. The summed E-state index contributed by atoms with van der Waals surface area (Å²) in [6, 6.07) is 8.21. The summed E-state index contributed by atoms with van der Waals surface area (Å²) in [6.07, 6.45) is 0. The first-order valence-corrected chi connectivity index (χ1v) is 6.40. The quantitative estimate of drug-likeness (QED) is 0.795. The Morgan fingerprint density at radius 1 is 1.05 bits per heavy atom. The summed E-state index contributed by atoms with van der Waals surface area (Å²) in [7, 11) is 0. The van der Waals surface area contributed by atoms with Gasteiger partial charge in [-0.15, -0.1) is 0 Å². The number of halogens is 4. The van der Waals surface area contributed by atoms with Gasteiger partial charge in [0.1, 0.15) is 11.6 Å². The van der Waals surface area contributed by atoms with E-state index >= 15 is 0 Å². The number of hydrogen-bond acceptors (Lipinski definition) is 1. The first kappa shape index (κ1) is 14.1. The van der Waals surface area contributed by atoms with Gasteiger partial charge in [-0.3, -0.25) is 0 Å². The second-order valence-corrected chi connectivity index (χ2v) is 4.94. The molecule has 0 fully saturated rings. The van der Waals surface area contributed by atoms with Crippen molar-refractivity contribution in [2.24, 2.45) is 0 Å². The van der Waals surface area contributed by atoms with Gasteiger partial charge in [-0.25, -0.2) is 8.78 Å². The highest BCUT2D eigenvalue weighted by molar-refractivity contribution is 6.33. The standard InChI is InChI=1S/C14H11Cl2F2N/c1-8(10-6-5-9(17)7-12(10)16)19-14-11(15)3-2-4-13(14)18/h2-8,19H,1H3. The number of para-hydroxylation sites is 1. The van der Waals surface area contributed by atoms with Gasteiger partial charge in [-0.05, 0) is 36.8 Å². The first-order valence-electron chi connectivity index (χ1n) is 5.64. The maximum Gasteiger partial charge on any atom is 0.147 e. The molecular weight excluding hydrogens is 291 g/mol. The highest BCUT2D eigenvalue weighted by Gasteiger charge is 2.14. The van der Waals surface area contributed by atoms with Gasteiger partial charge in [-0.2, -0.15) is 0 Å². The van der Waals surface area contributed by atoms with Crippen molar-refractivity contribution in [1.82, 2.24) is 0 Å². The molecule has 0 amide bonds. The summed E-state index contributed by atoms with van der Waals surface area (Å²) in [5.41, 5.74) is 0.874. The van der Waals surface area contributed by atoms with E-state index < -0.39 is 11.6 Å². The molecule has 19 heavy (non-hydrogen) atoms. The van der Waals surface area contributed by atoms with Gasteiger partial charge in [0.25, 0.3) is 0 Å². The van der Waals surface area contributed by atoms with Crippen LogP contribution in [0.4, 0.5) is 14.5 Å². The second kappa shape index (κ2) is 5.76. The molecule has 2 rings (SSSR count). The average molecular weight is 302 g/mol. The minimum atomic E-state index is -0.447. The molecule has 0 heterocycles. The molecule has 0 bridgehead atoms. The Morgan fingerprint density at radius 2 is 1.79 bits per heavy atom. The molecule has 1 atom stereocenters. The van der Waals surface area contributed by atoms with Gasteiger partial charge in [0.2, 0.25) is 0 Å². The van der Waals surface area contributed by atoms with E-state index in [0.29, 0.717) is 5.56 Å². The third-order valence-corrected chi connectivity index (χ3v) is 3.39. The Labute approximate surface area is 120 Å². The zero-order valence-corrected chi connectivity index (χ0v) is 11.6. The maximum atomic E-state index is 13.7. The van der Waals surface area contributed by atoms with Crippen molar-refractivity contribution in [1.29, 1.82) is 0 Å². The van der Waals surface area contributed by atoms with E-state index in [1.165, 1.54) is 24.3 Å². The Bertz CT molecular complexity index is 582. The van der Waals surface area contributed by atoms with E-state index in [1.54, 1.807) is 19.1 Å². The summed E-state index contributed by atoms with van der Waals surface area (Å²) in [5, 5.41) is 3.51. The van der Waals surface area contributed by atoms with Crippen LogP contribution in [-0.2, 0) is 0 Å². The molecule has 0 radical (unpaired) electrons. The van der Waals surface area contributed by atoms with Crippen molar-refractivity contribution in [3.05, 3.63) is 63.6 Å². The fraction of sp³-hybridized carbons (Fsp3) is 0.143. The summed E-state index contributed by atoms with van der Waals surface area (Å²) in [6.45, 7) is 1.79. The van der Waals surface area contributed by atoms with Gasteiger partial charge in [0, 0.05) is 5.02 Å². The Kier molecular flexibility index (Phi) is 4.27. The van der Waals surface area contributed by atoms with E-state index in [0.717, 1.165) is 0 Å². The number of rotatable bonds is 3. The van der Waals surface area contributed by atoms with E-state index in [1.807, 2.05) is 0 Å². The Morgan fingerprint density at radius 3 is 2.42 bits per heavy atom. The molecule has 0 aliphatic heterocycles. The van der Waals surface area contributed by atoms with Crippen LogP contribution in [0.2, 0.25) is 10.0 Å². The smallest absolute Gasteiger partial charge is 0.147 e. The molecule has 0 aliphatic rings. The molecular formula is C14H11Cl2F2N. The van der Waals surface area contributed by atoms with Crippen molar-refractivity contribution in [3.8, 4) is 0 Å². The second-order valence-electron chi connectivity index (χ2n) is 4.13. The van der Waals surface area contributed by atoms with E-state index in [2.05, 4.69) is 5.32 Å². The molecule has 1 nitrogen and oxygen atoms in total. The van der Waals surface area contributed by atoms with Gasteiger partial charge in [-0.1, -0.05) is 35.3 Å². The van der Waals surface area contributed by atoms with Crippen molar-refractivity contribution in [2.45, 2.75) is 13.0 Å². The van der Waals surface area contributed by atoms with Crippen LogP contribution in [-0.4, -0.2) is 0 Å². The minimum absolute atomic E-state index is 0.206. The van der Waals surface area contributed by atoms with Crippen molar-refractivity contribution in [3.63, 3.8) is 0 Å². The van der Waals surface area contributed by atoms with Crippen LogP contribution in [0.15, 0.2) is 36.4 Å². The molecule has 0 saturated heterocycles. The van der Waals surface area contributed by atoms with Crippen molar-refractivity contribution in [2.75, 3.05) is 5.32 Å². The SMILES string of the molecule is CC(Nc1c(F)cccc1Cl)c1ccc(F)cc1Cl. The Balaban J connectivity index is 2.28. The largest absolute Gasteiger partial charge is 0.375 e. The lowest BCUT2D eigenvalue weighted by molar-refractivity contribution is 0.623. The molecule has 100 valence electrons. The summed E-state index contributed by atoms with van der Waals surface area (Å²) in [5.74, 6) is -0.859. The number of benzene rings is 2. The van der Waals surface area contributed by atoms with E-state index in [-0.39, 0.29) is 21.8 Å². The van der Waals surface area contributed by atoms with Gasteiger partial charge in [0.05, 0.1) is 16.8 Å². The molecule has 0 saturated carbocycles. The number of hydrogen-bond donors (Lipinski definition) is 1. The van der Waals surface area contributed by atoms with E-state index in [4.69, 9.17) is 23.2 Å². The van der Waals surface area contributed by atoms with Crippen LogP contribution in [0, 0.1) is 11.6 Å². The maximum absolute atomic E-state index is 13.7. The monoisotopic (exact) mass is 301 g/mol. The minimum Gasteiger partial charge on any atom is -0.375 e. The van der Waals surface area contributed by atoms with Crippen LogP contribution < -0.4 is 5.32 Å². The molecule has 0 aliphatic carbocycles. The zero-order valence-electron chi connectivity index (χ0n) is 10.1. The van der Waals surface area contributed by atoms with Crippen LogP contribution in [0.1, 0.15) is 18.5 Å². The van der Waals surface area contributed by atoms with Gasteiger partial charge in [0.15, 0.2) is 0 Å². The fourth-order valence-corrected chi connectivity index (χ4v) is 2.33. The van der Waals surface area contributed by atoms with Crippen molar-refractivity contribution >= 4 is 28.9 Å². The molecule has 5 heteroatoms. The highest BCUT2D eigenvalue weighted by atomic mass is 35.5. The van der Waals surface area contributed by atoms with Crippen LogP contribution in [0.5, 0.6) is 0 Å². The molecule has 0 aromatic heterocycles. The normalized spacial score (nSPS) is 12.3. The lowest BCUT2D eigenvalue weighted by Gasteiger charge is -2.18. The summed E-state index contributed by atoms with van der Waals surface area (Å²) < 4.78 is 26.6.